The Balaban J connectivity index is 2.25. The summed E-state index contributed by atoms with van der Waals surface area (Å²) in [6.07, 6.45) is 2.32. The van der Waals surface area contributed by atoms with Gasteiger partial charge in [0.05, 0.1) is 6.20 Å². The van der Waals surface area contributed by atoms with E-state index in [4.69, 9.17) is 5.11 Å². The van der Waals surface area contributed by atoms with Crippen molar-refractivity contribution < 1.29 is 9.90 Å². The lowest BCUT2D eigenvalue weighted by Crippen LogP contribution is -2.27. The highest BCUT2D eigenvalue weighted by Gasteiger charge is 2.14. The summed E-state index contributed by atoms with van der Waals surface area (Å²) in [6.45, 7) is 0. The number of H-pyrrole nitrogens is 1. The maximum atomic E-state index is 12.0. The van der Waals surface area contributed by atoms with Gasteiger partial charge in [0, 0.05) is 18.9 Å². The molecule has 0 fully saturated rings. The molecule has 1 amide bonds. The highest BCUT2D eigenvalue weighted by atomic mass is 16.3. The lowest BCUT2D eigenvalue weighted by Gasteiger charge is -2.16. The van der Waals surface area contributed by atoms with Crippen LogP contribution in [0.25, 0.3) is 0 Å². The number of anilines is 1. The number of carbonyl (C=O) groups is 1. The molecule has 1 heterocycles. The lowest BCUT2D eigenvalue weighted by atomic mass is 10.2. The van der Waals surface area contributed by atoms with Gasteiger partial charge in [-0.15, -0.1) is 0 Å². The van der Waals surface area contributed by atoms with Gasteiger partial charge in [-0.25, -0.2) is 4.98 Å². The molecule has 0 aliphatic carbocycles. The summed E-state index contributed by atoms with van der Waals surface area (Å²) in [5.41, 5.74) is 0.398. The first-order valence-electron chi connectivity index (χ1n) is 5.20. The molecule has 0 unspecified atom stereocenters. The van der Waals surface area contributed by atoms with Crippen LogP contribution in [-0.4, -0.2) is 28.0 Å². The number of nitrogens with zero attached hydrogens (tertiary/aromatic N) is 2. The highest BCUT2D eigenvalue weighted by Crippen LogP contribution is 2.18. The Bertz CT molecular complexity index is 599. The first-order valence-corrected chi connectivity index (χ1v) is 5.20. The second-order valence-corrected chi connectivity index (χ2v) is 3.68. The quantitative estimate of drug-likeness (QED) is 0.817. The molecule has 6 nitrogen and oxygen atoms in total. The van der Waals surface area contributed by atoms with E-state index in [1.165, 1.54) is 23.2 Å². The number of hydrogen-bond donors (Lipinski definition) is 2. The molecule has 92 valence electrons. The van der Waals surface area contributed by atoms with Gasteiger partial charge in [0.1, 0.15) is 11.4 Å². The maximum Gasteiger partial charge on any atom is 0.278 e. The number of phenolic OH excluding ortho intramolecular Hbond substituents is 1. The minimum atomic E-state index is -0.362. The molecular formula is C12H11N3O3. The number of aromatic hydroxyl groups is 1. The zero-order valence-corrected chi connectivity index (χ0v) is 9.62. The Kier molecular flexibility index (Phi) is 3.09. The van der Waals surface area contributed by atoms with E-state index < -0.39 is 0 Å². The van der Waals surface area contributed by atoms with E-state index >= 15 is 0 Å². The van der Waals surface area contributed by atoms with Gasteiger partial charge in [0.15, 0.2) is 0 Å². The molecule has 0 spiro atoms. The summed E-state index contributed by atoms with van der Waals surface area (Å²) >= 11 is 0. The molecule has 0 aliphatic rings. The summed E-state index contributed by atoms with van der Waals surface area (Å²) in [6, 6.07) is 6.19. The molecule has 0 saturated heterocycles. The van der Waals surface area contributed by atoms with E-state index in [2.05, 4.69) is 9.97 Å². The minimum absolute atomic E-state index is 0.127. The molecule has 2 rings (SSSR count). The highest BCUT2D eigenvalue weighted by molar-refractivity contribution is 6.04. The number of hydrogen-bond acceptors (Lipinski definition) is 4. The summed E-state index contributed by atoms with van der Waals surface area (Å²) in [7, 11) is 1.58. The molecule has 2 aromatic rings. The lowest BCUT2D eigenvalue weighted by molar-refractivity contribution is 0.0988. The summed E-state index contributed by atoms with van der Waals surface area (Å²) < 4.78 is 0. The molecule has 6 heteroatoms. The third-order valence-corrected chi connectivity index (χ3v) is 2.43. The summed E-state index contributed by atoms with van der Waals surface area (Å²) in [5, 5.41) is 9.17. The van der Waals surface area contributed by atoms with E-state index in [0.29, 0.717) is 5.69 Å². The zero-order chi connectivity index (χ0) is 13.1. The van der Waals surface area contributed by atoms with Crippen molar-refractivity contribution in [3.8, 4) is 5.75 Å². The first-order chi connectivity index (χ1) is 8.58. The molecule has 0 radical (unpaired) electrons. The van der Waals surface area contributed by atoms with Gasteiger partial charge >= 0.3 is 0 Å². The number of amides is 1. The summed E-state index contributed by atoms with van der Waals surface area (Å²) in [4.78, 5) is 30.4. The van der Waals surface area contributed by atoms with Gasteiger partial charge in [0.25, 0.3) is 11.5 Å². The Labute approximate surface area is 103 Å². The van der Waals surface area contributed by atoms with Crippen molar-refractivity contribution in [2.45, 2.75) is 0 Å². The largest absolute Gasteiger partial charge is 0.508 e. The van der Waals surface area contributed by atoms with E-state index in [1.807, 2.05) is 0 Å². The Morgan fingerprint density at radius 2 is 2.00 bits per heavy atom. The Morgan fingerprint density at radius 1 is 1.33 bits per heavy atom. The smallest absolute Gasteiger partial charge is 0.278 e. The second kappa shape index (κ2) is 4.70. The predicted molar refractivity (Wildman–Crippen MR) is 65.7 cm³/mol. The van der Waals surface area contributed by atoms with Crippen LogP contribution in [-0.2, 0) is 0 Å². The molecule has 0 bridgehead atoms. The topological polar surface area (TPSA) is 86.3 Å². The number of rotatable bonds is 2. The molecule has 1 aromatic carbocycles. The molecule has 1 aromatic heterocycles. The van der Waals surface area contributed by atoms with Crippen molar-refractivity contribution in [1.82, 2.24) is 9.97 Å². The van der Waals surface area contributed by atoms with Crippen molar-refractivity contribution >= 4 is 11.6 Å². The van der Waals surface area contributed by atoms with Crippen molar-refractivity contribution in [3.63, 3.8) is 0 Å². The average molecular weight is 245 g/mol. The molecule has 18 heavy (non-hydrogen) atoms. The van der Waals surface area contributed by atoms with Crippen LogP contribution in [0.2, 0.25) is 0 Å². The fourth-order valence-corrected chi connectivity index (χ4v) is 1.42. The van der Waals surface area contributed by atoms with Crippen LogP contribution in [0.3, 0.4) is 0 Å². The standard InChI is InChI=1S/C12H11N3O3/c1-15(8-2-4-9(16)5-3-8)12(18)10-6-14-11(17)7-13-10/h2-7,16H,1H3,(H,14,17). The number of carbonyl (C=O) groups excluding carboxylic acids is 1. The SMILES string of the molecule is CN(C(=O)c1c[nH]c(=O)cn1)c1ccc(O)cc1. The van der Waals surface area contributed by atoms with Gasteiger partial charge in [-0.05, 0) is 24.3 Å². The molecule has 0 saturated carbocycles. The van der Waals surface area contributed by atoms with Gasteiger partial charge in [0.2, 0.25) is 0 Å². The average Bonchev–Trinajstić information content (AvgIpc) is 2.39. The van der Waals surface area contributed by atoms with Gasteiger partial charge < -0.3 is 15.0 Å². The predicted octanol–water partition coefficient (Wildman–Crippen LogP) is 0.752. The molecule has 0 atom stereocenters. The number of phenols is 1. The second-order valence-electron chi connectivity index (χ2n) is 3.68. The van der Waals surface area contributed by atoms with Crippen LogP contribution >= 0.6 is 0 Å². The van der Waals surface area contributed by atoms with Crippen LogP contribution in [0.1, 0.15) is 10.5 Å². The van der Waals surface area contributed by atoms with Crippen molar-refractivity contribution in [2.75, 3.05) is 11.9 Å². The van der Waals surface area contributed by atoms with Crippen LogP contribution in [0.15, 0.2) is 41.5 Å². The Hall–Kier alpha value is -2.63. The first kappa shape index (κ1) is 11.8. The number of aromatic nitrogens is 2. The van der Waals surface area contributed by atoms with E-state index in [9.17, 15) is 9.59 Å². The van der Waals surface area contributed by atoms with Crippen LogP contribution in [0, 0.1) is 0 Å². The monoisotopic (exact) mass is 245 g/mol. The maximum absolute atomic E-state index is 12.0. The number of nitrogens with one attached hydrogen (secondary N) is 1. The fourth-order valence-electron chi connectivity index (χ4n) is 1.42. The summed E-state index contributed by atoms with van der Waals surface area (Å²) in [5.74, 6) is -0.223. The van der Waals surface area contributed by atoms with E-state index in [-0.39, 0.29) is 22.9 Å². The molecule has 0 aliphatic heterocycles. The van der Waals surface area contributed by atoms with Crippen LogP contribution < -0.4 is 10.5 Å². The van der Waals surface area contributed by atoms with Gasteiger partial charge in [-0.1, -0.05) is 0 Å². The minimum Gasteiger partial charge on any atom is -0.508 e. The Morgan fingerprint density at radius 3 is 2.56 bits per heavy atom. The van der Waals surface area contributed by atoms with Crippen molar-refractivity contribution in [3.05, 3.63) is 52.7 Å². The zero-order valence-electron chi connectivity index (χ0n) is 9.62. The van der Waals surface area contributed by atoms with Gasteiger partial charge in [-0.3, -0.25) is 9.59 Å². The molecule has 2 N–H and O–H groups in total. The van der Waals surface area contributed by atoms with Crippen LogP contribution in [0.4, 0.5) is 5.69 Å². The van der Waals surface area contributed by atoms with E-state index in [1.54, 1.807) is 19.2 Å². The normalized spacial score (nSPS) is 10.1. The van der Waals surface area contributed by atoms with Crippen molar-refractivity contribution in [1.29, 1.82) is 0 Å². The molecular weight excluding hydrogens is 234 g/mol. The fraction of sp³-hybridized carbons (Fsp3) is 0.0833. The third kappa shape index (κ3) is 2.37. The van der Waals surface area contributed by atoms with E-state index in [0.717, 1.165) is 6.20 Å². The van der Waals surface area contributed by atoms with Gasteiger partial charge in [-0.2, -0.15) is 0 Å². The van der Waals surface area contributed by atoms with Crippen LogP contribution in [0.5, 0.6) is 5.75 Å². The number of aromatic amines is 1. The number of benzene rings is 1. The third-order valence-electron chi connectivity index (χ3n) is 2.43. The van der Waals surface area contributed by atoms with Crippen molar-refractivity contribution in [2.24, 2.45) is 0 Å².